The zero-order valence-electron chi connectivity index (χ0n) is 18.3. The Bertz CT molecular complexity index is 1360. The molecule has 0 aliphatic rings. The van der Waals surface area contributed by atoms with E-state index in [2.05, 4.69) is 83.7 Å². The molecule has 0 atom stereocenters. The Morgan fingerprint density at radius 1 is 0.688 bits per heavy atom. The van der Waals surface area contributed by atoms with Crippen LogP contribution in [0.2, 0.25) is 0 Å². The number of aromatic nitrogens is 1. The number of unbranched alkanes of at least 4 members (excludes halogenated alkanes) is 4. The first-order chi connectivity index (χ1) is 15.7. The minimum atomic E-state index is -0.690. The van der Waals surface area contributed by atoms with Crippen LogP contribution in [-0.2, 0) is 11.3 Å². The number of pyridine rings is 1. The number of hydrogen-bond acceptors (Lipinski definition) is 1. The van der Waals surface area contributed by atoms with Crippen molar-refractivity contribution in [2.45, 2.75) is 45.1 Å². The van der Waals surface area contributed by atoms with Gasteiger partial charge in [0.2, 0.25) is 0 Å². The van der Waals surface area contributed by atoms with Crippen LogP contribution in [0.5, 0.6) is 0 Å². The summed E-state index contributed by atoms with van der Waals surface area (Å²) >= 11 is 0. The zero-order valence-corrected chi connectivity index (χ0v) is 18.3. The molecule has 32 heavy (non-hydrogen) atoms. The number of carbonyl (C=O) groups is 1. The minimum Gasteiger partial charge on any atom is -0.481 e. The zero-order chi connectivity index (χ0) is 21.9. The van der Waals surface area contributed by atoms with E-state index in [4.69, 9.17) is 5.11 Å². The summed E-state index contributed by atoms with van der Waals surface area (Å²) in [6, 6.07) is 24.4. The summed E-state index contributed by atoms with van der Waals surface area (Å²) < 4.78 is 2.25. The number of carboxylic acid groups (broad SMARTS) is 1. The first-order valence-corrected chi connectivity index (χ1v) is 11.6. The Hall–Kier alpha value is -3.46. The van der Waals surface area contributed by atoms with Gasteiger partial charge in [-0.25, -0.2) is 4.57 Å². The lowest BCUT2D eigenvalue weighted by molar-refractivity contribution is -0.697. The first-order valence-electron chi connectivity index (χ1n) is 11.6. The quantitative estimate of drug-likeness (QED) is 0.158. The maximum Gasteiger partial charge on any atom is 0.303 e. The number of nitrogens with zero attached hydrogens (tertiary/aromatic N) is 1. The van der Waals surface area contributed by atoms with E-state index in [1.165, 1.54) is 43.4 Å². The largest absolute Gasteiger partial charge is 0.481 e. The van der Waals surface area contributed by atoms with E-state index in [1.54, 1.807) is 0 Å². The number of aliphatic carboxylic acids is 1. The first kappa shape index (κ1) is 20.4. The molecule has 3 heteroatoms. The summed E-state index contributed by atoms with van der Waals surface area (Å²) in [7, 11) is 0. The Balaban J connectivity index is 1.33. The van der Waals surface area contributed by atoms with Crippen LogP contribution in [0.25, 0.3) is 43.4 Å². The second-order valence-electron chi connectivity index (χ2n) is 8.71. The average Bonchev–Trinajstić information content (AvgIpc) is 2.82. The van der Waals surface area contributed by atoms with Gasteiger partial charge in [-0.15, -0.1) is 0 Å². The molecule has 0 aliphatic heterocycles. The topological polar surface area (TPSA) is 41.2 Å². The summed E-state index contributed by atoms with van der Waals surface area (Å²) in [6.07, 6.45) is 9.81. The van der Waals surface area contributed by atoms with Crippen molar-refractivity contribution < 1.29 is 14.5 Å². The maximum absolute atomic E-state index is 10.6. The Morgan fingerprint density at radius 2 is 1.31 bits per heavy atom. The van der Waals surface area contributed by atoms with E-state index in [-0.39, 0.29) is 0 Å². The summed E-state index contributed by atoms with van der Waals surface area (Å²) in [5.74, 6) is -0.690. The van der Waals surface area contributed by atoms with Crippen LogP contribution in [0, 0.1) is 0 Å². The van der Waals surface area contributed by atoms with E-state index in [1.807, 2.05) is 0 Å². The molecule has 0 bridgehead atoms. The maximum atomic E-state index is 10.6. The monoisotopic (exact) mass is 422 g/mol. The summed E-state index contributed by atoms with van der Waals surface area (Å²) in [4.78, 5) is 10.6. The minimum absolute atomic E-state index is 0.291. The highest BCUT2D eigenvalue weighted by Gasteiger charge is 2.12. The van der Waals surface area contributed by atoms with Crippen LogP contribution in [-0.4, -0.2) is 11.1 Å². The molecule has 0 saturated heterocycles. The van der Waals surface area contributed by atoms with Gasteiger partial charge >= 0.3 is 5.97 Å². The van der Waals surface area contributed by atoms with Crippen molar-refractivity contribution in [1.29, 1.82) is 0 Å². The molecule has 160 valence electrons. The smallest absolute Gasteiger partial charge is 0.303 e. The Morgan fingerprint density at radius 3 is 2.06 bits per heavy atom. The number of aryl methyl sites for hydroxylation is 1. The molecule has 0 fully saturated rings. The molecule has 0 amide bonds. The third-order valence-electron chi connectivity index (χ3n) is 6.54. The lowest BCUT2D eigenvalue weighted by Gasteiger charge is -2.13. The number of rotatable bonds is 9. The van der Waals surface area contributed by atoms with Crippen LogP contribution in [0.4, 0.5) is 0 Å². The fourth-order valence-corrected chi connectivity index (χ4v) is 4.87. The van der Waals surface area contributed by atoms with Gasteiger partial charge in [-0.05, 0) is 56.3 Å². The van der Waals surface area contributed by atoms with Gasteiger partial charge in [-0.2, -0.15) is 0 Å². The molecular weight excluding hydrogens is 394 g/mol. The van der Waals surface area contributed by atoms with Gasteiger partial charge in [0.15, 0.2) is 12.4 Å². The molecule has 0 spiro atoms. The van der Waals surface area contributed by atoms with Crippen molar-refractivity contribution in [2.24, 2.45) is 0 Å². The standard InChI is InChI=1S/C29H27NO2/c31-27(32)9-4-2-1-3-5-18-30-19-16-21(17-20-30)25-14-12-24-11-10-22-7-6-8-23-13-15-26(25)29(24)28(22)23/h6-8,10-17,19-20H,1-5,9,18H2/p+1. The Kier molecular flexibility index (Phi) is 5.72. The van der Waals surface area contributed by atoms with Crippen molar-refractivity contribution in [3.8, 4) is 11.1 Å². The van der Waals surface area contributed by atoms with Crippen molar-refractivity contribution in [2.75, 3.05) is 0 Å². The third kappa shape index (κ3) is 4.03. The predicted molar refractivity (Wildman–Crippen MR) is 131 cm³/mol. The van der Waals surface area contributed by atoms with E-state index in [0.29, 0.717) is 6.42 Å². The molecule has 1 aromatic heterocycles. The molecule has 1 N–H and O–H groups in total. The molecule has 0 radical (unpaired) electrons. The highest BCUT2D eigenvalue weighted by Crippen LogP contribution is 2.38. The molecule has 0 aliphatic carbocycles. The highest BCUT2D eigenvalue weighted by molar-refractivity contribution is 6.25. The van der Waals surface area contributed by atoms with Crippen LogP contribution >= 0.6 is 0 Å². The molecule has 4 aromatic carbocycles. The third-order valence-corrected chi connectivity index (χ3v) is 6.54. The number of carboxylic acids is 1. The number of benzene rings is 4. The molecule has 0 unspecified atom stereocenters. The lowest BCUT2D eigenvalue weighted by Crippen LogP contribution is -2.32. The van der Waals surface area contributed by atoms with Gasteiger partial charge in [0.05, 0.1) is 0 Å². The van der Waals surface area contributed by atoms with Gasteiger partial charge < -0.3 is 5.11 Å². The molecule has 1 heterocycles. The van der Waals surface area contributed by atoms with E-state index in [0.717, 1.165) is 38.6 Å². The molecular formula is C29H28NO2+. The fourth-order valence-electron chi connectivity index (χ4n) is 4.87. The lowest BCUT2D eigenvalue weighted by atomic mass is 9.90. The predicted octanol–water partition coefficient (Wildman–Crippen LogP) is 6.96. The highest BCUT2D eigenvalue weighted by atomic mass is 16.4. The van der Waals surface area contributed by atoms with Gasteiger partial charge in [0, 0.05) is 25.0 Å². The second-order valence-corrected chi connectivity index (χ2v) is 8.71. The van der Waals surface area contributed by atoms with Crippen molar-refractivity contribution in [3.63, 3.8) is 0 Å². The van der Waals surface area contributed by atoms with E-state index in [9.17, 15) is 4.79 Å². The summed E-state index contributed by atoms with van der Waals surface area (Å²) in [6.45, 7) is 0.998. The Labute approximate surface area is 188 Å². The van der Waals surface area contributed by atoms with Crippen LogP contribution in [0.3, 0.4) is 0 Å². The van der Waals surface area contributed by atoms with Gasteiger partial charge in [-0.1, -0.05) is 67.4 Å². The number of hydrogen-bond donors (Lipinski definition) is 1. The molecule has 3 nitrogen and oxygen atoms in total. The molecule has 5 aromatic rings. The van der Waals surface area contributed by atoms with Crippen molar-refractivity contribution in [3.05, 3.63) is 79.1 Å². The summed E-state index contributed by atoms with van der Waals surface area (Å²) in [5.41, 5.74) is 2.52. The molecule has 5 rings (SSSR count). The van der Waals surface area contributed by atoms with E-state index >= 15 is 0 Å². The van der Waals surface area contributed by atoms with Crippen LogP contribution in [0.1, 0.15) is 38.5 Å². The van der Waals surface area contributed by atoms with Crippen molar-refractivity contribution >= 4 is 38.3 Å². The molecule has 0 saturated carbocycles. The normalized spacial score (nSPS) is 11.6. The van der Waals surface area contributed by atoms with E-state index < -0.39 is 5.97 Å². The SMILES string of the molecule is O=C(O)CCCCCCC[n+]1ccc(-c2ccc3ccc4cccc5ccc2c3c45)cc1. The van der Waals surface area contributed by atoms with Gasteiger partial charge in [0.1, 0.15) is 6.54 Å². The second kappa shape index (κ2) is 8.96. The van der Waals surface area contributed by atoms with Crippen molar-refractivity contribution in [1.82, 2.24) is 0 Å². The summed E-state index contributed by atoms with van der Waals surface area (Å²) in [5, 5.41) is 16.6. The van der Waals surface area contributed by atoms with Crippen LogP contribution < -0.4 is 4.57 Å². The average molecular weight is 423 g/mol. The van der Waals surface area contributed by atoms with Crippen LogP contribution in [0.15, 0.2) is 79.1 Å². The van der Waals surface area contributed by atoms with Gasteiger partial charge in [-0.3, -0.25) is 4.79 Å². The fraction of sp³-hybridized carbons (Fsp3) is 0.241. The van der Waals surface area contributed by atoms with Gasteiger partial charge in [0.25, 0.3) is 0 Å².